The zero-order valence-electron chi connectivity index (χ0n) is 11.1. The molecule has 0 saturated carbocycles. The summed E-state index contributed by atoms with van der Waals surface area (Å²) in [6, 6.07) is 5.66. The molecule has 0 radical (unpaired) electrons. The fraction of sp³-hybridized carbons (Fsp3) is 0.143. The zero-order valence-corrected chi connectivity index (χ0v) is 13.5. The van der Waals surface area contributed by atoms with E-state index < -0.39 is 11.9 Å². The molecule has 2 heterocycles. The summed E-state index contributed by atoms with van der Waals surface area (Å²) in [5.41, 5.74) is -0.186. The van der Waals surface area contributed by atoms with Crippen LogP contribution in [-0.4, -0.2) is 9.97 Å². The Morgan fingerprint density at radius 2 is 1.95 bits per heavy atom. The summed E-state index contributed by atoms with van der Waals surface area (Å²) in [7, 11) is 0. The van der Waals surface area contributed by atoms with Crippen LogP contribution in [0.5, 0.6) is 11.5 Å². The Kier molecular flexibility index (Phi) is 3.82. The molecule has 0 aliphatic heterocycles. The largest absolute Gasteiger partial charge is 0.454 e. The van der Waals surface area contributed by atoms with E-state index in [9.17, 15) is 13.2 Å². The topological polar surface area (TPSA) is 35.0 Å². The minimum Gasteiger partial charge on any atom is -0.454 e. The van der Waals surface area contributed by atoms with Gasteiger partial charge in [0.25, 0.3) is 0 Å². The molecule has 0 atom stereocenters. The average Bonchev–Trinajstić information content (AvgIpc) is 2.84. The first-order chi connectivity index (χ1) is 10.3. The molecule has 3 rings (SSSR count). The number of aromatic nitrogens is 2. The molecule has 0 aliphatic carbocycles. The van der Waals surface area contributed by atoms with Crippen molar-refractivity contribution in [2.24, 2.45) is 0 Å². The molecule has 1 aromatic carbocycles. The van der Waals surface area contributed by atoms with E-state index in [1.807, 2.05) is 6.92 Å². The van der Waals surface area contributed by atoms with Gasteiger partial charge in [0.1, 0.15) is 17.2 Å². The number of nitrogens with zero attached hydrogens (tertiary/aromatic N) is 2. The monoisotopic (exact) mass is 388 g/mol. The molecule has 0 N–H and O–H groups in total. The van der Waals surface area contributed by atoms with Crippen LogP contribution in [-0.2, 0) is 6.18 Å². The maximum atomic E-state index is 12.5. The van der Waals surface area contributed by atoms with Crippen LogP contribution in [0.1, 0.15) is 10.7 Å². The lowest BCUT2D eigenvalue weighted by atomic mass is 10.3. The molecule has 0 amide bonds. The number of ether oxygens (including phenoxy) is 1. The lowest BCUT2D eigenvalue weighted by molar-refractivity contribution is -0.141. The second-order valence-electron chi connectivity index (χ2n) is 4.44. The highest BCUT2D eigenvalue weighted by atomic mass is 79.9. The van der Waals surface area contributed by atoms with Crippen molar-refractivity contribution >= 4 is 37.5 Å². The van der Waals surface area contributed by atoms with Gasteiger partial charge in [0.15, 0.2) is 0 Å². The maximum absolute atomic E-state index is 12.5. The molecule has 0 bridgehead atoms. The van der Waals surface area contributed by atoms with Crippen molar-refractivity contribution in [2.75, 3.05) is 0 Å². The van der Waals surface area contributed by atoms with Crippen LogP contribution in [0.15, 0.2) is 34.9 Å². The van der Waals surface area contributed by atoms with E-state index in [1.165, 1.54) is 17.4 Å². The summed E-state index contributed by atoms with van der Waals surface area (Å²) in [5.74, 6) is 0.771. The average molecular weight is 389 g/mol. The summed E-state index contributed by atoms with van der Waals surface area (Å²) < 4.78 is 44.8. The number of aryl methyl sites for hydroxylation is 1. The van der Waals surface area contributed by atoms with Gasteiger partial charge in [-0.25, -0.2) is 9.97 Å². The molecular formula is C14H8BrF3N2OS. The second kappa shape index (κ2) is 5.51. The Hall–Kier alpha value is -1.67. The molecule has 0 aliphatic rings. The van der Waals surface area contributed by atoms with Gasteiger partial charge in [-0.3, -0.25) is 0 Å². The fourth-order valence-corrected chi connectivity index (χ4v) is 3.32. The fourth-order valence-electron chi connectivity index (χ4n) is 1.88. The van der Waals surface area contributed by atoms with Gasteiger partial charge in [-0.05, 0) is 47.1 Å². The third-order valence-electron chi connectivity index (χ3n) is 2.82. The summed E-state index contributed by atoms with van der Waals surface area (Å²) in [6.07, 6.45) is -3.40. The van der Waals surface area contributed by atoms with E-state index in [0.717, 1.165) is 32.0 Å². The number of hydrogen-bond acceptors (Lipinski definition) is 4. The summed E-state index contributed by atoms with van der Waals surface area (Å²) >= 11 is 4.87. The lowest BCUT2D eigenvalue weighted by Crippen LogP contribution is -2.07. The Morgan fingerprint density at radius 1 is 1.18 bits per heavy atom. The standard InChI is InChI=1S/C14H8BrF3N2OS/c1-7-20-12-9(15)3-4-10(13(12)22-7)21-8-2-5-11(19-6-8)14(16,17)18/h2-6H,1H3. The maximum Gasteiger partial charge on any atom is 0.433 e. The molecule has 0 saturated heterocycles. The van der Waals surface area contributed by atoms with Crippen LogP contribution in [0.2, 0.25) is 0 Å². The van der Waals surface area contributed by atoms with Gasteiger partial charge in [-0.1, -0.05) is 0 Å². The molecular weight excluding hydrogens is 381 g/mol. The van der Waals surface area contributed by atoms with Crippen LogP contribution in [0.3, 0.4) is 0 Å². The second-order valence-corrected chi connectivity index (χ2v) is 6.49. The van der Waals surface area contributed by atoms with Crippen molar-refractivity contribution in [2.45, 2.75) is 13.1 Å². The van der Waals surface area contributed by atoms with E-state index in [0.29, 0.717) is 5.75 Å². The predicted octanol–water partition coefficient (Wildman–Crippen LogP) is 5.57. The molecule has 2 aromatic heterocycles. The third kappa shape index (κ3) is 2.93. The Bertz CT molecular complexity index is 830. The first-order valence-electron chi connectivity index (χ1n) is 6.11. The van der Waals surface area contributed by atoms with Gasteiger partial charge in [-0.2, -0.15) is 13.2 Å². The number of hydrogen-bond donors (Lipinski definition) is 0. The normalized spacial score (nSPS) is 11.9. The van der Waals surface area contributed by atoms with Gasteiger partial charge >= 0.3 is 6.18 Å². The molecule has 0 spiro atoms. The molecule has 3 aromatic rings. The Balaban J connectivity index is 1.95. The van der Waals surface area contributed by atoms with Crippen molar-refractivity contribution in [3.05, 3.63) is 45.6 Å². The van der Waals surface area contributed by atoms with E-state index in [1.54, 1.807) is 12.1 Å². The van der Waals surface area contributed by atoms with E-state index in [4.69, 9.17) is 4.74 Å². The smallest absolute Gasteiger partial charge is 0.433 e. The van der Waals surface area contributed by atoms with Gasteiger partial charge in [0.2, 0.25) is 0 Å². The molecule has 22 heavy (non-hydrogen) atoms. The van der Waals surface area contributed by atoms with E-state index >= 15 is 0 Å². The van der Waals surface area contributed by atoms with Crippen molar-refractivity contribution in [1.29, 1.82) is 0 Å². The van der Waals surface area contributed by atoms with Crippen molar-refractivity contribution in [1.82, 2.24) is 9.97 Å². The van der Waals surface area contributed by atoms with Crippen molar-refractivity contribution < 1.29 is 17.9 Å². The van der Waals surface area contributed by atoms with Crippen molar-refractivity contribution in [3.63, 3.8) is 0 Å². The minimum absolute atomic E-state index is 0.239. The van der Waals surface area contributed by atoms with E-state index in [-0.39, 0.29) is 5.75 Å². The molecule has 114 valence electrons. The predicted molar refractivity (Wildman–Crippen MR) is 81.4 cm³/mol. The van der Waals surface area contributed by atoms with Gasteiger partial charge in [0, 0.05) is 4.47 Å². The number of rotatable bonds is 2. The molecule has 0 unspecified atom stereocenters. The minimum atomic E-state index is -4.46. The first-order valence-corrected chi connectivity index (χ1v) is 7.72. The highest BCUT2D eigenvalue weighted by Crippen LogP contribution is 2.38. The molecule has 0 fully saturated rings. The summed E-state index contributed by atoms with van der Waals surface area (Å²) in [5, 5.41) is 0.872. The molecule has 8 heteroatoms. The van der Waals surface area contributed by atoms with Gasteiger partial charge in [0.05, 0.1) is 21.4 Å². The molecule has 3 nitrogen and oxygen atoms in total. The number of thiazole rings is 1. The highest BCUT2D eigenvalue weighted by molar-refractivity contribution is 9.10. The number of halogens is 4. The third-order valence-corrected chi connectivity index (χ3v) is 4.44. The van der Waals surface area contributed by atoms with Crippen molar-refractivity contribution in [3.8, 4) is 11.5 Å². The number of benzene rings is 1. The highest BCUT2D eigenvalue weighted by Gasteiger charge is 2.32. The SMILES string of the molecule is Cc1nc2c(Br)ccc(Oc3ccc(C(F)(F)F)nc3)c2s1. The summed E-state index contributed by atoms with van der Waals surface area (Å²) in [4.78, 5) is 7.77. The zero-order chi connectivity index (χ0) is 15.9. The van der Waals surface area contributed by atoms with Crippen LogP contribution in [0, 0.1) is 6.92 Å². The quantitative estimate of drug-likeness (QED) is 0.575. The first kappa shape index (κ1) is 15.2. The van der Waals surface area contributed by atoms with Crippen LogP contribution < -0.4 is 4.74 Å². The van der Waals surface area contributed by atoms with Crippen LogP contribution in [0.4, 0.5) is 13.2 Å². The van der Waals surface area contributed by atoms with Gasteiger partial charge < -0.3 is 4.74 Å². The van der Waals surface area contributed by atoms with E-state index in [2.05, 4.69) is 25.9 Å². The van der Waals surface area contributed by atoms with Crippen LogP contribution in [0.25, 0.3) is 10.2 Å². The Labute approximate surface area is 135 Å². The number of alkyl halides is 3. The van der Waals surface area contributed by atoms with Gasteiger partial charge in [-0.15, -0.1) is 11.3 Å². The summed E-state index contributed by atoms with van der Waals surface area (Å²) in [6.45, 7) is 1.88. The Morgan fingerprint density at radius 3 is 2.59 bits per heavy atom. The lowest BCUT2D eigenvalue weighted by Gasteiger charge is -2.09. The number of pyridine rings is 1. The van der Waals surface area contributed by atoms with Crippen LogP contribution >= 0.6 is 27.3 Å². The number of fused-ring (bicyclic) bond motifs is 1.